The molecular weight excluding hydrogens is 388 g/mol. The molecule has 0 unspecified atom stereocenters. The first-order valence-electron chi connectivity index (χ1n) is 10.6. The van der Waals surface area contributed by atoms with Gasteiger partial charge >= 0.3 is 0 Å². The Labute approximate surface area is 182 Å². The number of benzene rings is 3. The second-order valence-corrected chi connectivity index (χ2v) is 7.60. The number of nitrogens with one attached hydrogen (secondary N) is 1. The van der Waals surface area contributed by atoms with E-state index in [4.69, 9.17) is 4.74 Å². The highest BCUT2D eigenvalue weighted by Gasteiger charge is 2.26. The molecule has 0 atom stereocenters. The van der Waals surface area contributed by atoms with Crippen molar-refractivity contribution in [2.24, 2.45) is 0 Å². The summed E-state index contributed by atoms with van der Waals surface area (Å²) in [5.41, 5.74) is 5.24. The number of carbonyl (C=O) groups is 2. The number of ether oxygens (including phenoxy) is 1. The van der Waals surface area contributed by atoms with Crippen LogP contribution in [0, 0.1) is 6.92 Å². The van der Waals surface area contributed by atoms with Crippen LogP contribution < -0.4 is 15.0 Å². The van der Waals surface area contributed by atoms with Crippen molar-refractivity contribution in [2.45, 2.75) is 26.8 Å². The van der Waals surface area contributed by atoms with Gasteiger partial charge in [0.2, 0.25) is 0 Å². The normalized spacial score (nSPS) is 12.4. The fourth-order valence-corrected chi connectivity index (χ4v) is 3.92. The van der Waals surface area contributed by atoms with Gasteiger partial charge in [0.1, 0.15) is 5.75 Å². The van der Waals surface area contributed by atoms with Gasteiger partial charge in [0.05, 0.1) is 12.2 Å². The van der Waals surface area contributed by atoms with Crippen molar-refractivity contribution in [3.8, 4) is 5.75 Å². The number of rotatable bonds is 6. The third-order valence-corrected chi connectivity index (χ3v) is 5.55. The van der Waals surface area contributed by atoms with E-state index in [1.807, 2.05) is 67.3 Å². The number of hydrogen-bond donors (Lipinski definition) is 1. The summed E-state index contributed by atoms with van der Waals surface area (Å²) in [6.45, 7) is 5.39. The molecule has 3 aromatic carbocycles. The predicted octanol–water partition coefficient (Wildman–Crippen LogP) is 4.53. The Hall–Kier alpha value is -3.60. The SMILES string of the molecule is CCOc1ccccc1C(=O)NCc1ccc2c(c1)N(C(=O)c1ccccc1C)CC2. The highest BCUT2D eigenvalue weighted by molar-refractivity contribution is 6.08. The van der Waals surface area contributed by atoms with Gasteiger partial charge in [0.15, 0.2) is 0 Å². The zero-order chi connectivity index (χ0) is 21.8. The van der Waals surface area contributed by atoms with Crippen LogP contribution >= 0.6 is 0 Å². The summed E-state index contributed by atoms with van der Waals surface area (Å²) >= 11 is 0. The first-order valence-corrected chi connectivity index (χ1v) is 10.6. The van der Waals surface area contributed by atoms with Crippen LogP contribution in [-0.2, 0) is 13.0 Å². The number of carbonyl (C=O) groups excluding carboxylic acids is 2. The fourth-order valence-electron chi connectivity index (χ4n) is 3.92. The van der Waals surface area contributed by atoms with Crippen molar-refractivity contribution in [3.63, 3.8) is 0 Å². The minimum atomic E-state index is -0.183. The molecule has 4 rings (SSSR count). The molecule has 0 fully saturated rings. The summed E-state index contributed by atoms with van der Waals surface area (Å²) in [5, 5.41) is 2.97. The summed E-state index contributed by atoms with van der Waals surface area (Å²) in [7, 11) is 0. The van der Waals surface area contributed by atoms with Crippen LogP contribution in [0.4, 0.5) is 5.69 Å². The molecule has 1 aliphatic heterocycles. The van der Waals surface area contributed by atoms with Crippen LogP contribution in [0.5, 0.6) is 5.75 Å². The van der Waals surface area contributed by atoms with Crippen LogP contribution in [0.25, 0.3) is 0 Å². The maximum atomic E-state index is 13.1. The minimum Gasteiger partial charge on any atom is -0.493 e. The van der Waals surface area contributed by atoms with Crippen molar-refractivity contribution in [1.29, 1.82) is 0 Å². The monoisotopic (exact) mass is 414 g/mol. The van der Waals surface area contributed by atoms with Crippen molar-refractivity contribution >= 4 is 17.5 Å². The molecule has 1 aliphatic rings. The van der Waals surface area contributed by atoms with E-state index in [2.05, 4.69) is 11.4 Å². The van der Waals surface area contributed by atoms with Crippen LogP contribution in [-0.4, -0.2) is 25.0 Å². The number of amides is 2. The highest BCUT2D eigenvalue weighted by atomic mass is 16.5. The summed E-state index contributed by atoms with van der Waals surface area (Å²) < 4.78 is 5.56. The smallest absolute Gasteiger partial charge is 0.258 e. The zero-order valence-corrected chi connectivity index (χ0v) is 17.9. The first-order chi connectivity index (χ1) is 15.1. The number of hydrogen-bond acceptors (Lipinski definition) is 3. The lowest BCUT2D eigenvalue weighted by molar-refractivity contribution is 0.0945. The molecule has 3 aromatic rings. The molecule has 2 amide bonds. The van der Waals surface area contributed by atoms with Gasteiger partial charge in [-0.15, -0.1) is 0 Å². The number of nitrogens with zero attached hydrogens (tertiary/aromatic N) is 1. The molecule has 5 heteroatoms. The van der Waals surface area contributed by atoms with E-state index in [-0.39, 0.29) is 11.8 Å². The molecule has 5 nitrogen and oxygen atoms in total. The lowest BCUT2D eigenvalue weighted by Gasteiger charge is -2.19. The van der Waals surface area contributed by atoms with E-state index in [0.29, 0.717) is 31.0 Å². The van der Waals surface area contributed by atoms with E-state index in [0.717, 1.165) is 34.4 Å². The molecule has 158 valence electrons. The second kappa shape index (κ2) is 9.04. The van der Waals surface area contributed by atoms with E-state index in [9.17, 15) is 9.59 Å². The van der Waals surface area contributed by atoms with Crippen LogP contribution in [0.2, 0.25) is 0 Å². The highest BCUT2D eigenvalue weighted by Crippen LogP contribution is 2.31. The molecule has 0 saturated carbocycles. The maximum Gasteiger partial charge on any atom is 0.258 e. The number of aryl methyl sites for hydroxylation is 1. The molecule has 0 spiro atoms. The topological polar surface area (TPSA) is 58.6 Å². The Morgan fingerprint density at radius 1 is 1.00 bits per heavy atom. The molecular formula is C26H26N2O3. The Kier molecular flexibility index (Phi) is 6.03. The minimum absolute atomic E-state index is 0.0173. The van der Waals surface area contributed by atoms with Crippen molar-refractivity contribution in [3.05, 3.63) is 94.5 Å². The van der Waals surface area contributed by atoms with Crippen molar-refractivity contribution in [2.75, 3.05) is 18.1 Å². The van der Waals surface area contributed by atoms with Gasteiger partial charge in [-0.3, -0.25) is 9.59 Å². The molecule has 1 N–H and O–H groups in total. The second-order valence-electron chi connectivity index (χ2n) is 7.60. The molecule has 0 bridgehead atoms. The Bertz CT molecular complexity index is 1120. The average molecular weight is 415 g/mol. The molecule has 31 heavy (non-hydrogen) atoms. The number of para-hydroxylation sites is 1. The molecule has 0 saturated heterocycles. The fraction of sp³-hybridized carbons (Fsp3) is 0.231. The van der Waals surface area contributed by atoms with Gasteiger partial charge in [0, 0.05) is 24.3 Å². The quantitative estimate of drug-likeness (QED) is 0.645. The standard InChI is InChI=1S/C26H26N2O3/c1-3-31-24-11-7-6-10-22(24)25(29)27-17-19-12-13-20-14-15-28(23(20)16-19)26(30)21-9-5-4-8-18(21)2/h4-13,16H,3,14-15,17H2,1-2H3,(H,27,29). The van der Waals surface area contributed by atoms with Gasteiger partial charge in [-0.25, -0.2) is 0 Å². The first kappa shape index (κ1) is 20.7. The summed E-state index contributed by atoms with van der Waals surface area (Å²) in [4.78, 5) is 27.7. The largest absolute Gasteiger partial charge is 0.493 e. The summed E-state index contributed by atoms with van der Waals surface area (Å²) in [5.74, 6) is 0.410. The Morgan fingerprint density at radius 3 is 2.52 bits per heavy atom. The number of fused-ring (bicyclic) bond motifs is 1. The van der Waals surface area contributed by atoms with E-state index < -0.39 is 0 Å². The van der Waals surface area contributed by atoms with Gasteiger partial charge in [-0.05, 0) is 61.2 Å². The van der Waals surface area contributed by atoms with E-state index >= 15 is 0 Å². The van der Waals surface area contributed by atoms with Crippen molar-refractivity contribution in [1.82, 2.24) is 5.32 Å². The molecule has 0 aromatic heterocycles. The van der Waals surface area contributed by atoms with Crippen LogP contribution in [0.3, 0.4) is 0 Å². The van der Waals surface area contributed by atoms with Gasteiger partial charge in [-0.1, -0.05) is 42.5 Å². The third-order valence-electron chi connectivity index (χ3n) is 5.55. The maximum absolute atomic E-state index is 13.1. The number of anilines is 1. The van der Waals surface area contributed by atoms with E-state index in [1.165, 1.54) is 0 Å². The Balaban J connectivity index is 1.50. The lowest BCUT2D eigenvalue weighted by Crippen LogP contribution is -2.29. The van der Waals surface area contributed by atoms with Gasteiger partial charge in [-0.2, -0.15) is 0 Å². The average Bonchev–Trinajstić information content (AvgIpc) is 3.21. The molecule has 0 radical (unpaired) electrons. The van der Waals surface area contributed by atoms with Crippen LogP contribution in [0.15, 0.2) is 66.7 Å². The summed E-state index contributed by atoms with van der Waals surface area (Å²) in [6.07, 6.45) is 0.835. The van der Waals surface area contributed by atoms with Crippen LogP contribution in [0.1, 0.15) is 44.3 Å². The molecule has 1 heterocycles. The predicted molar refractivity (Wildman–Crippen MR) is 122 cm³/mol. The van der Waals surface area contributed by atoms with Crippen molar-refractivity contribution < 1.29 is 14.3 Å². The third kappa shape index (κ3) is 4.31. The van der Waals surface area contributed by atoms with Gasteiger partial charge in [0.25, 0.3) is 11.8 Å². The lowest BCUT2D eigenvalue weighted by atomic mass is 10.1. The zero-order valence-electron chi connectivity index (χ0n) is 17.9. The Morgan fingerprint density at radius 2 is 1.74 bits per heavy atom. The summed E-state index contributed by atoms with van der Waals surface area (Å²) in [6, 6.07) is 20.9. The molecule has 0 aliphatic carbocycles. The van der Waals surface area contributed by atoms with E-state index in [1.54, 1.807) is 12.1 Å². The van der Waals surface area contributed by atoms with Gasteiger partial charge < -0.3 is 15.0 Å².